The van der Waals surface area contributed by atoms with Crippen molar-refractivity contribution in [3.63, 3.8) is 0 Å². The van der Waals surface area contributed by atoms with E-state index in [0.717, 1.165) is 24.1 Å². The van der Waals surface area contributed by atoms with Crippen molar-refractivity contribution in [3.8, 4) is 16.9 Å². The second kappa shape index (κ2) is 10.7. The second-order valence-electron chi connectivity index (χ2n) is 11.3. The third-order valence-electron chi connectivity index (χ3n) is 8.25. The van der Waals surface area contributed by atoms with Gasteiger partial charge in [0.1, 0.15) is 11.9 Å². The van der Waals surface area contributed by atoms with Crippen LogP contribution in [0, 0.1) is 5.92 Å². The molecule has 1 aromatic heterocycles. The standard InChI is InChI=1S/C28H37N5O5/c1-32-15-19(12-30-32)18-4-6-22-25(10-18)37-9-8-21-5-7-24(34)26(38-21)13-29-28(36)23-11-20(31-27(22)35)16-33(23)14-17-2-3-17/h4,6,10,12,15,17,20-21,23-24,26,34H,2-3,5,7-9,11,13-14,16H2,1H3,(H,29,36)(H,31,35)/t20-,21-,23-,24-,26+/m0/s1. The van der Waals surface area contributed by atoms with Crippen molar-refractivity contribution in [3.05, 3.63) is 36.2 Å². The first-order valence-corrected chi connectivity index (χ1v) is 13.8. The minimum atomic E-state index is -0.604. The molecule has 4 heterocycles. The van der Waals surface area contributed by atoms with E-state index >= 15 is 0 Å². The third kappa shape index (κ3) is 5.57. The Labute approximate surface area is 222 Å². The van der Waals surface area contributed by atoms with E-state index in [1.54, 1.807) is 16.9 Å². The van der Waals surface area contributed by atoms with Crippen LogP contribution in [0.5, 0.6) is 5.75 Å². The quantitative estimate of drug-likeness (QED) is 0.558. The number of fused-ring (bicyclic) bond motifs is 5. The van der Waals surface area contributed by atoms with Gasteiger partial charge >= 0.3 is 0 Å². The van der Waals surface area contributed by atoms with E-state index in [4.69, 9.17) is 9.47 Å². The van der Waals surface area contributed by atoms with E-state index in [0.29, 0.717) is 49.6 Å². The van der Waals surface area contributed by atoms with Gasteiger partial charge in [0.05, 0.1) is 36.6 Å². The van der Waals surface area contributed by atoms with Crippen LogP contribution in [0.15, 0.2) is 30.6 Å². The summed E-state index contributed by atoms with van der Waals surface area (Å²) in [6.45, 7) is 2.15. The summed E-state index contributed by atoms with van der Waals surface area (Å²) in [7, 11) is 1.87. The predicted molar refractivity (Wildman–Crippen MR) is 140 cm³/mol. The summed E-state index contributed by atoms with van der Waals surface area (Å²) in [5.41, 5.74) is 2.34. The summed E-state index contributed by atoms with van der Waals surface area (Å²) < 4.78 is 14.1. The van der Waals surface area contributed by atoms with Crippen LogP contribution in [0.4, 0.5) is 0 Å². The van der Waals surface area contributed by atoms with Gasteiger partial charge in [0.15, 0.2) is 0 Å². The topological polar surface area (TPSA) is 118 Å². The summed E-state index contributed by atoms with van der Waals surface area (Å²) in [6, 6.07) is 5.16. The Balaban J connectivity index is 1.28. The highest BCUT2D eigenvalue weighted by atomic mass is 16.5. The normalized spacial score (nSPS) is 30.7. The molecule has 3 N–H and O–H groups in total. The van der Waals surface area contributed by atoms with Crippen LogP contribution in [0.3, 0.4) is 0 Å². The summed E-state index contributed by atoms with van der Waals surface area (Å²) in [5.74, 6) is 0.889. The molecule has 10 heteroatoms. The van der Waals surface area contributed by atoms with Crippen LogP contribution in [0.2, 0.25) is 0 Å². The Morgan fingerprint density at radius 2 is 2.00 bits per heavy atom. The lowest BCUT2D eigenvalue weighted by Gasteiger charge is -2.34. The van der Waals surface area contributed by atoms with Crippen molar-refractivity contribution in [1.29, 1.82) is 0 Å². The van der Waals surface area contributed by atoms with Crippen molar-refractivity contribution in [1.82, 2.24) is 25.3 Å². The van der Waals surface area contributed by atoms with Gasteiger partial charge in [-0.05, 0) is 55.7 Å². The Morgan fingerprint density at radius 1 is 1.13 bits per heavy atom. The number of hydrogen-bond acceptors (Lipinski definition) is 7. The molecule has 5 atom stereocenters. The molecule has 0 spiro atoms. The molecule has 1 aromatic carbocycles. The molecule has 38 heavy (non-hydrogen) atoms. The SMILES string of the molecule is Cn1cc(-c2ccc3c(c2)OCC[C@@H]2CC[C@H](O)[C@@H](CNC(=O)[C@@H]4C[C@@H](CN4CC4CC4)NC3=O)O2)cn1. The number of nitrogens with zero attached hydrogens (tertiary/aromatic N) is 3. The zero-order valence-corrected chi connectivity index (χ0v) is 21.8. The monoisotopic (exact) mass is 523 g/mol. The second-order valence-corrected chi connectivity index (χ2v) is 11.3. The molecule has 0 unspecified atom stereocenters. The summed E-state index contributed by atoms with van der Waals surface area (Å²) in [6.07, 6.45) is 7.47. The highest BCUT2D eigenvalue weighted by Crippen LogP contribution is 2.33. The minimum absolute atomic E-state index is 0.0581. The molecular weight excluding hydrogens is 486 g/mol. The van der Waals surface area contributed by atoms with E-state index in [-0.39, 0.29) is 36.5 Å². The molecule has 0 radical (unpaired) electrons. The number of carbonyl (C=O) groups excluding carboxylic acids is 2. The number of hydrogen-bond donors (Lipinski definition) is 3. The maximum Gasteiger partial charge on any atom is 0.255 e. The van der Waals surface area contributed by atoms with Gasteiger partial charge < -0.3 is 25.2 Å². The Hall–Kier alpha value is -2.95. The molecule has 204 valence electrons. The molecule has 4 bridgehead atoms. The largest absolute Gasteiger partial charge is 0.493 e. The average Bonchev–Trinajstić information content (AvgIpc) is 3.47. The minimum Gasteiger partial charge on any atom is -0.493 e. The number of aliphatic hydroxyl groups is 1. The number of aryl methyl sites for hydroxylation is 1. The summed E-state index contributed by atoms with van der Waals surface area (Å²) in [4.78, 5) is 29.0. The third-order valence-corrected chi connectivity index (χ3v) is 8.25. The first kappa shape index (κ1) is 25.3. The number of aliphatic hydroxyl groups excluding tert-OH is 1. The van der Waals surface area contributed by atoms with Gasteiger partial charge in [-0.25, -0.2) is 0 Å². The van der Waals surface area contributed by atoms with Crippen molar-refractivity contribution in [2.75, 3.05) is 26.2 Å². The molecule has 2 saturated heterocycles. The van der Waals surface area contributed by atoms with Gasteiger partial charge in [-0.2, -0.15) is 5.10 Å². The fourth-order valence-electron chi connectivity index (χ4n) is 5.92. The molecule has 2 aromatic rings. The van der Waals surface area contributed by atoms with Crippen LogP contribution in [-0.4, -0.2) is 88.2 Å². The lowest BCUT2D eigenvalue weighted by molar-refractivity contribution is -0.133. The highest BCUT2D eigenvalue weighted by Gasteiger charge is 2.41. The lowest BCUT2D eigenvalue weighted by Crippen LogP contribution is -2.50. The van der Waals surface area contributed by atoms with Gasteiger partial charge in [-0.1, -0.05) is 6.07 Å². The number of amides is 2. The maximum absolute atomic E-state index is 13.5. The van der Waals surface area contributed by atoms with E-state index in [1.165, 1.54) is 12.8 Å². The molecule has 4 aliphatic rings. The van der Waals surface area contributed by atoms with Gasteiger partial charge in [0.25, 0.3) is 5.91 Å². The van der Waals surface area contributed by atoms with Crippen molar-refractivity contribution >= 4 is 11.8 Å². The first-order chi connectivity index (χ1) is 18.4. The Kier molecular flexibility index (Phi) is 7.11. The average molecular weight is 524 g/mol. The number of benzene rings is 1. The van der Waals surface area contributed by atoms with E-state index < -0.39 is 12.2 Å². The van der Waals surface area contributed by atoms with Gasteiger partial charge in [-0.15, -0.1) is 0 Å². The summed E-state index contributed by atoms with van der Waals surface area (Å²) in [5, 5.41) is 21.0. The first-order valence-electron chi connectivity index (χ1n) is 13.8. The Morgan fingerprint density at radius 3 is 2.79 bits per heavy atom. The fourth-order valence-corrected chi connectivity index (χ4v) is 5.92. The molecule has 3 aliphatic heterocycles. The molecule has 3 fully saturated rings. The molecule has 6 rings (SSSR count). The number of carbonyl (C=O) groups is 2. The van der Waals surface area contributed by atoms with Crippen LogP contribution < -0.4 is 15.4 Å². The molecule has 1 aliphatic carbocycles. The fraction of sp³-hybridized carbons (Fsp3) is 0.607. The molecule has 10 nitrogen and oxygen atoms in total. The highest BCUT2D eigenvalue weighted by molar-refractivity contribution is 5.98. The lowest BCUT2D eigenvalue weighted by atomic mass is 9.99. The number of likely N-dealkylation sites (tertiary alicyclic amines) is 1. The van der Waals surface area contributed by atoms with E-state index in [1.807, 2.05) is 25.4 Å². The maximum atomic E-state index is 13.5. The van der Waals surface area contributed by atoms with Crippen LogP contribution in [0.1, 0.15) is 48.9 Å². The van der Waals surface area contributed by atoms with Crippen molar-refractivity contribution in [2.24, 2.45) is 13.0 Å². The van der Waals surface area contributed by atoms with Gasteiger partial charge in [0.2, 0.25) is 5.91 Å². The zero-order valence-electron chi connectivity index (χ0n) is 21.8. The van der Waals surface area contributed by atoms with Crippen molar-refractivity contribution < 1.29 is 24.2 Å². The van der Waals surface area contributed by atoms with Gasteiger partial charge in [0, 0.05) is 50.9 Å². The van der Waals surface area contributed by atoms with Gasteiger partial charge in [-0.3, -0.25) is 19.2 Å². The van der Waals surface area contributed by atoms with E-state index in [9.17, 15) is 14.7 Å². The number of nitrogens with one attached hydrogen (secondary N) is 2. The molecular formula is C28H37N5O5. The molecule has 1 saturated carbocycles. The summed E-state index contributed by atoms with van der Waals surface area (Å²) >= 11 is 0. The Bertz CT molecular complexity index is 1180. The van der Waals surface area contributed by atoms with Crippen LogP contribution in [-0.2, 0) is 16.6 Å². The number of rotatable bonds is 3. The number of ether oxygens (including phenoxy) is 2. The number of aromatic nitrogens is 2. The van der Waals surface area contributed by atoms with E-state index in [2.05, 4.69) is 20.6 Å². The predicted octanol–water partition coefficient (Wildman–Crippen LogP) is 1.48. The van der Waals surface area contributed by atoms with Crippen LogP contribution >= 0.6 is 0 Å². The molecule has 2 amide bonds. The smallest absolute Gasteiger partial charge is 0.255 e. The zero-order chi connectivity index (χ0) is 26.2. The van der Waals surface area contributed by atoms with Crippen LogP contribution in [0.25, 0.3) is 11.1 Å². The van der Waals surface area contributed by atoms with Crippen molar-refractivity contribution in [2.45, 2.75) is 68.9 Å².